The van der Waals surface area contributed by atoms with E-state index in [1.165, 1.54) is 5.56 Å². The van der Waals surface area contributed by atoms with Gasteiger partial charge in [0.15, 0.2) is 0 Å². The van der Waals surface area contributed by atoms with E-state index in [0.29, 0.717) is 5.92 Å². The van der Waals surface area contributed by atoms with Crippen LogP contribution in [0, 0.1) is 5.92 Å². The molecule has 0 fully saturated rings. The van der Waals surface area contributed by atoms with Gasteiger partial charge < -0.3 is 9.73 Å². The van der Waals surface area contributed by atoms with E-state index in [1.54, 1.807) is 12.6 Å². The Bertz CT molecular complexity index is 544. The lowest BCUT2D eigenvalue weighted by atomic mass is 10.0. The van der Waals surface area contributed by atoms with E-state index in [0.717, 1.165) is 37.5 Å². The fourth-order valence-electron chi connectivity index (χ4n) is 2.61. The number of furan rings is 1. The summed E-state index contributed by atoms with van der Waals surface area (Å²) in [5.41, 5.74) is 1.23. The van der Waals surface area contributed by atoms with Crippen molar-refractivity contribution in [2.45, 2.75) is 53.1 Å². The van der Waals surface area contributed by atoms with Crippen molar-refractivity contribution < 1.29 is 4.42 Å². The topological polar surface area (TPSA) is 55.9 Å². The highest BCUT2D eigenvalue weighted by Gasteiger charge is 2.19. The Hall–Kier alpha value is -1.62. The van der Waals surface area contributed by atoms with Gasteiger partial charge in [-0.1, -0.05) is 27.7 Å². The number of aromatic nitrogens is 3. The Kier molecular flexibility index (Phi) is 5.56. The maximum Gasteiger partial charge on any atom is 0.138 e. The highest BCUT2D eigenvalue weighted by atomic mass is 16.3. The molecule has 5 nitrogen and oxygen atoms in total. The van der Waals surface area contributed by atoms with E-state index in [2.05, 4.69) is 49.2 Å². The van der Waals surface area contributed by atoms with Crippen molar-refractivity contribution in [1.29, 1.82) is 0 Å². The maximum atomic E-state index is 5.57. The fourth-order valence-corrected chi connectivity index (χ4v) is 2.61. The minimum Gasteiger partial charge on any atom is -0.469 e. The van der Waals surface area contributed by atoms with E-state index in [1.807, 2.05) is 4.68 Å². The van der Waals surface area contributed by atoms with Crippen LogP contribution in [-0.2, 0) is 19.4 Å². The number of hydrogen-bond acceptors (Lipinski definition) is 4. The van der Waals surface area contributed by atoms with Crippen molar-refractivity contribution in [2.24, 2.45) is 5.92 Å². The van der Waals surface area contributed by atoms with Crippen LogP contribution in [0.3, 0.4) is 0 Å². The van der Waals surface area contributed by atoms with Crippen molar-refractivity contribution in [3.63, 3.8) is 0 Å². The molecule has 2 rings (SSSR count). The van der Waals surface area contributed by atoms with Gasteiger partial charge in [-0.3, -0.25) is 0 Å². The Morgan fingerprint density at radius 2 is 2.14 bits per heavy atom. The molecule has 0 bridgehead atoms. The summed E-state index contributed by atoms with van der Waals surface area (Å²) in [4.78, 5) is 4.44. The van der Waals surface area contributed by atoms with Gasteiger partial charge in [0.2, 0.25) is 0 Å². The largest absolute Gasteiger partial charge is 0.469 e. The van der Waals surface area contributed by atoms with Gasteiger partial charge in [0, 0.05) is 31.0 Å². The number of nitrogens with zero attached hydrogens (tertiary/aromatic N) is 3. The molecule has 0 saturated carbocycles. The molecule has 2 heterocycles. The Morgan fingerprint density at radius 1 is 1.33 bits per heavy atom. The van der Waals surface area contributed by atoms with Crippen LogP contribution in [0.4, 0.5) is 0 Å². The second-order valence-corrected chi connectivity index (χ2v) is 5.72. The van der Waals surface area contributed by atoms with Gasteiger partial charge in [-0.25, -0.2) is 9.67 Å². The van der Waals surface area contributed by atoms with Crippen molar-refractivity contribution in [2.75, 3.05) is 6.54 Å². The van der Waals surface area contributed by atoms with Gasteiger partial charge in [-0.2, -0.15) is 5.10 Å². The lowest BCUT2D eigenvalue weighted by molar-refractivity contribution is 0.441. The summed E-state index contributed by atoms with van der Waals surface area (Å²) in [6, 6.07) is 2.29. The second-order valence-electron chi connectivity index (χ2n) is 5.72. The smallest absolute Gasteiger partial charge is 0.138 e. The van der Waals surface area contributed by atoms with E-state index in [-0.39, 0.29) is 6.04 Å². The summed E-state index contributed by atoms with van der Waals surface area (Å²) in [5.74, 6) is 2.64. The SMILES string of the molecule is CCNC(Cc1ncnn1CC(C)C)c1ccoc1CC. The summed E-state index contributed by atoms with van der Waals surface area (Å²) in [5, 5.41) is 7.89. The van der Waals surface area contributed by atoms with Crippen molar-refractivity contribution in [3.8, 4) is 0 Å². The number of nitrogens with one attached hydrogen (secondary N) is 1. The molecule has 0 radical (unpaired) electrons. The van der Waals surface area contributed by atoms with Crippen molar-refractivity contribution in [1.82, 2.24) is 20.1 Å². The highest BCUT2D eigenvalue weighted by molar-refractivity contribution is 5.22. The molecule has 21 heavy (non-hydrogen) atoms. The molecule has 2 aromatic rings. The van der Waals surface area contributed by atoms with Crippen LogP contribution >= 0.6 is 0 Å². The quantitative estimate of drug-likeness (QED) is 0.812. The molecule has 116 valence electrons. The van der Waals surface area contributed by atoms with E-state index >= 15 is 0 Å². The van der Waals surface area contributed by atoms with E-state index < -0.39 is 0 Å². The average molecular weight is 290 g/mol. The summed E-state index contributed by atoms with van der Waals surface area (Å²) in [6.07, 6.45) is 5.16. The molecule has 5 heteroatoms. The number of hydrogen-bond donors (Lipinski definition) is 1. The Morgan fingerprint density at radius 3 is 2.81 bits per heavy atom. The van der Waals surface area contributed by atoms with Crippen LogP contribution in [0.1, 0.15) is 50.9 Å². The van der Waals surface area contributed by atoms with Gasteiger partial charge >= 0.3 is 0 Å². The molecule has 2 aromatic heterocycles. The third-order valence-electron chi connectivity index (χ3n) is 3.55. The highest BCUT2D eigenvalue weighted by Crippen LogP contribution is 2.23. The molecular weight excluding hydrogens is 264 g/mol. The van der Waals surface area contributed by atoms with Crippen LogP contribution in [0.15, 0.2) is 23.1 Å². The zero-order chi connectivity index (χ0) is 15.2. The molecule has 0 aliphatic rings. The Labute approximate surface area is 126 Å². The molecule has 1 atom stereocenters. The summed E-state index contributed by atoms with van der Waals surface area (Å²) >= 11 is 0. The van der Waals surface area contributed by atoms with Gasteiger partial charge in [-0.05, 0) is 18.5 Å². The normalized spacial score (nSPS) is 13.0. The van der Waals surface area contributed by atoms with Crippen LogP contribution in [0.2, 0.25) is 0 Å². The standard InChI is InChI=1S/C16H26N4O/c1-5-15-13(7-8-21-15)14(17-6-2)9-16-18-11-19-20(16)10-12(3)4/h7-8,11-12,14,17H,5-6,9-10H2,1-4H3. The zero-order valence-electron chi connectivity index (χ0n) is 13.5. The fraction of sp³-hybridized carbons (Fsp3) is 0.625. The number of likely N-dealkylation sites (N-methyl/N-ethyl adjacent to an activating group) is 1. The molecule has 0 aliphatic heterocycles. The van der Waals surface area contributed by atoms with E-state index in [9.17, 15) is 0 Å². The first-order valence-corrected chi connectivity index (χ1v) is 7.82. The molecule has 0 amide bonds. The van der Waals surface area contributed by atoms with Crippen LogP contribution < -0.4 is 5.32 Å². The minimum absolute atomic E-state index is 0.221. The third kappa shape index (κ3) is 3.94. The van der Waals surface area contributed by atoms with Crippen LogP contribution in [0.5, 0.6) is 0 Å². The molecule has 0 saturated heterocycles. The number of aryl methyl sites for hydroxylation is 1. The third-order valence-corrected chi connectivity index (χ3v) is 3.55. The molecular formula is C16H26N4O. The van der Waals surface area contributed by atoms with Crippen molar-refractivity contribution in [3.05, 3.63) is 35.8 Å². The molecule has 0 aliphatic carbocycles. The first kappa shape index (κ1) is 15.8. The summed E-state index contributed by atoms with van der Waals surface area (Å²) in [6.45, 7) is 10.4. The molecule has 0 aromatic carbocycles. The summed E-state index contributed by atoms with van der Waals surface area (Å²) < 4.78 is 7.59. The van der Waals surface area contributed by atoms with Gasteiger partial charge in [0.05, 0.1) is 6.26 Å². The minimum atomic E-state index is 0.221. The number of rotatable bonds is 8. The monoisotopic (exact) mass is 290 g/mol. The van der Waals surface area contributed by atoms with Crippen LogP contribution in [0.25, 0.3) is 0 Å². The zero-order valence-corrected chi connectivity index (χ0v) is 13.5. The predicted octanol–water partition coefficient (Wildman–Crippen LogP) is 2.98. The second kappa shape index (κ2) is 7.41. The molecule has 0 spiro atoms. The maximum absolute atomic E-state index is 5.57. The van der Waals surface area contributed by atoms with Gasteiger partial charge in [0.1, 0.15) is 17.9 Å². The first-order chi connectivity index (χ1) is 10.2. The predicted molar refractivity (Wildman–Crippen MR) is 83.1 cm³/mol. The van der Waals surface area contributed by atoms with Crippen molar-refractivity contribution >= 4 is 0 Å². The average Bonchev–Trinajstić information content (AvgIpc) is 3.07. The van der Waals surface area contributed by atoms with Crippen LogP contribution in [-0.4, -0.2) is 21.3 Å². The molecule has 1 N–H and O–H groups in total. The first-order valence-electron chi connectivity index (χ1n) is 7.82. The lowest BCUT2D eigenvalue weighted by Gasteiger charge is -2.18. The molecule has 1 unspecified atom stereocenters. The Balaban J connectivity index is 2.19. The van der Waals surface area contributed by atoms with Gasteiger partial charge in [0.25, 0.3) is 0 Å². The van der Waals surface area contributed by atoms with Gasteiger partial charge in [-0.15, -0.1) is 0 Å². The van der Waals surface area contributed by atoms with E-state index in [4.69, 9.17) is 4.42 Å². The lowest BCUT2D eigenvalue weighted by Crippen LogP contribution is -2.25. The summed E-state index contributed by atoms with van der Waals surface area (Å²) in [7, 11) is 0.